The molecule has 3 atom stereocenters. The summed E-state index contributed by atoms with van der Waals surface area (Å²) in [6, 6.07) is 11.9. The molecule has 2 aliphatic carbocycles. The Balaban J connectivity index is 1.57. The van der Waals surface area contributed by atoms with Crippen LogP contribution in [-0.2, 0) is 16.6 Å². The Labute approximate surface area is 199 Å². The number of aromatic carboxylic acids is 1. The minimum Gasteiger partial charge on any atom is -0.490 e. The zero-order valence-corrected chi connectivity index (χ0v) is 19.3. The molecule has 0 saturated heterocycles. The summed E-state index contributed by atoms with van der Waals surface area (Å²) < 4.78 is 6.39. The first-order valence-electron chi connectivity index (χ1n) is 11.7. The second-order valence-corrected chi connectivity index (χ2v) is 9.94. The Bertz CT molecular complexity index is 1110. The van der Waals surface area contributed by atoms with Crippen LogP contribution in [0.2, 0.25) is 5.02 Å². The molecule has 0 radical (unpaired) electrons. The molecule has 0 amide bonds. The van der Waals surface area contributed by atoms with Crippen LogP contribution in [0.5, 0.6) is 5.75 Å². The lowest BCUT2D eigenvalue weighted by Crippen LogP contribution is -2.48. The van der Waals surface area contributed by atoms with Gasteiger partial charge in [-0.05, 0) is 73.3 Å². The largest absolute Gasteiger partial charge is 0.490 e. The van der Waals surface area contributed by atoms with E-state index in [-0.39, 0.29) is 16.0 Å². The second kappa shape index (κ2) is 8.86. The van der Waals surface area contributed by atoms with Crippen molar-refractivity contribution in [3.63, 3.8) is 0 Å². The van der Waals surface area contributed by atoms with Crippen LogP contribution >= 0.6 is 11.6 Å². The third-order valence-electron chi connectivity index (χ3n) is 7.68. The molecule has 1 spiro atoms. The number of anilines is 1. The maximum absolute atomic E-state index is 11.8. The molecule has 172 valence electrons. The van der Waals surface area contributed by atoms with Gasteiger partial charge >= 0.3 is 5.97 Å². The Hall–Kier alpha value is -2.79. The van der Waals surface area contributed by atoms with E-state index in [0.29, 0.717) is 29.9 Å². The number of nitrogens with zero attached hydrogens (tertiary/aromatic N) is 1. The van der Waals surface area contributed by atoms with Crippen LogP contribution in [0.4, 0.5) is 5.69 Å². The summed E-state index contributed by atoms with van der Waals surface area (Å²) in [5.74, 6) is 0.329. The normalized spacial score (nSPS) is 26.2. The number of aldehydes is 1. The number of allylic oxidation sites excluding steroid dienone is 2. The van der Waals surface area contributed by atoms with Crippen molar-refractivity contribution in [2.24, 2.45) is 11.8 Å². The van der Waals surface area contributed by atoms with Crippen molar-refractivity contribution in [3.05, 3.63) is 70.3 Å². The molecule has 1 unspecified atom stereocenters. The number of halogens is 1. The minimum atomic E-state index is -1.04. The second-order valence-electron chi connectivity index (χ2n) is 9.56. The standard InChI is InChI=1S/C27H28ClNO4/c28-24-21(26(31)32)11-12-23-25(24)29(15-20-10-9-18(20)7-4-14-30)16-27(17-33-23)13-3-6-19-5-1-2-8-22(19)27/h1-2,4-5,7-8,11-12,14,18,20H,3,6,9-10,13,15-17H2,(H,31,32)/b7-4+/t18-,20+,27?/m1/s1. The van der Waals surface area contributed by atoms with Gasteiger partial charge in [0.15, 0.2) is 0 Å². The summed E-state index contributed by atoms with van der Waals surface area (Å²) >= 11 is 6.72. The summed E-state index contributed by atoms with van der Waals surface area (Å²) in [6.07, 6.45) is 9.71. The predicted octanol–water partition coefficient (Wildman–Crippen LogP) is 5.29. The van der Waals surface area contributed by atoms with E-state index in [2.05, 4.69) is 29.2 Å². The first-order valence-corrected chi connectivity index (χ1v) is 12.0. The van der Waals surface area contributed by atoms with Gasteiger partial charge in [0.2, 0.25) is 0 Å². The Kier molecular flexibility index (Phi) is 5.92. The van der Waals surface area contributed by atoms with Crippen molar-refractivity contribution in [2.45, 2.75) is 37.5 Å². The third-order valence-corrected chi connectivity index (χ3v) is 8.06. The fourth-order valence-corrected chi connectivity index (χ4v) is 6.21. The maximum atomic E-state index is 11.8. The van der Waals surface area contributed by atoms with Gasteiger partial charge in [0.1, 0.15) is 12.0 Å². The van der Waals surface area contributed by atoms with E-state index in [9.17, 15) is 14.7 Å². The van der Waals surface area contributed by atoms with Crippen molar-refractivity contribution in [1.82, 2.24) is 0 Å². The Morgan fingerprint density at radius 3 is 2.85 bits per heavy atom. The van der Waals surface area contributed by atoms with Crippen molar-refractivity contribution in [2.75, 3.05) is 24.6 Å². The number of ether oxygens (including phenoxy) is 1. The van der Waals surface area contributed by atoms with Gasteiger partial charge in [0.05, 0.1) is 22.9 Å². The lowest BCUT2D eigenvalue weighted by molar-refractivity contribution is -0.104. The topological polar surface area (TPSA) is 66.8 Å². The average Bonchev–Trinajstić information content (AvgIpc) is 2.95. The molecule has 1 saturated carbocycles. The van der Waals surface area contributed by atoms with Gasteiger partial charge in [0.25, 0.3) is 0 Å². The van der Waals surface area contributed by atoms with Gasteiger partial charge in [-0.2, -0.15) is 0 Å². The summed E-state index contributed by atoms with van der Waals surface area (Å²) in [7, 11) is 0. The average molecular weight is 466 g/mol. The van der Waals surface area contributed by atoms with Gasteiger partial charge in [-0.1, -0.05) is 41.9 Å². The van der Waals surface area contributed by atoms with E-state index in [1.165, 1.54) is 17.2 Å². The van der Waals surface area contributed by atoms with E-state index < -0.39 is 5.97 Å². The van der Waals surface area contributed by atoms with E-state index in [4.69, 9.17) is 16.3 Å². The quantitative estimate of drug-likeness (QED) is 0.480. The zero-order chi connectivity index (χ0) is 23.0. The molecule has 2 aromatic rings. The molecule has 0 aromatic heterocycles. The molecule has 33 heavy (non-hydrogen) atoms. The van der Waals surface area contributed by atoms with E-state index >= 15 is 0 Å². The number of carbonyl (C=O) groups is 2. The summed E-state index contributed by atoms with van der Waals surface area (Å²) in [6.45, 7) is 2.01. The van der Waals surface area contributed by atoms with Gasteiger partial charge < -0.3 is 14.7 Å². The lowest BCUT2D eigenvalue weighted by atomic mass is 9.69. The van der Waals surface area contributed by atoms with E-state index in [1.807, 2.05) is 6.08 Å². The third kappa shape index (κ3) is 3.93. The number of carbonyl (C=O) groups excluding carboxylic acids is 1. The Morgan fingerprint density at radius 1 is 1.24 bits per heavy atom. The Morgan fingerprint density at radius 2 is 2.09 bits per heavy atom. The molecule has 2 aromatic carbocycles. The van der Waals surface area contributed by atoms with Gasteiger partial charge in [-0.15, -0.1) is 0 Å². The van der Waals surface area contributed by atoms with Crippen molar-refractivity contribution in [3.8, 4) is 5.75 Å². The highest BCUT2D eigenvalue weighted by atomic mass is 35.5. The molecule has 6 heteroatoms. The molecule has 5 nitrogen and oxygen atoms in total. The SMILES string of the molecule is O=C/C=C/[C@@H]1CC[C@H]1CN1CC2(CCCc3ccccc32)COc2ccc(C(=O)O)c(Cl)c21. The number of hydrogen-bond acceptors (Lipinski definition) is 4. The maximum Gasteiger partial charge on any atom is 0.337 e. The number of rotatable bonds is 5. The molecule has 0 bridgehead atoms. The van der Waals surface area contributed by atoms with Gasteiger partial charge in [0, 0.05) is 18.5 Å². The molecular formula is C27H28ClNO4. The number of carboxylic acid groups (broad SMARTS) is 1. The summed E-state index contributed by atoms with van der Waals surface area (Å²) in [5, 5.41) is 9.93. The van der Waals surface area contributed by atoms with Crippen LogP contribution in [0.3, 0.4) is 0 Å². The fraction of sp³-hybridized carbons (Fsp3) is 0.407. The zero-order valence-electron chi connectivity index (χ0n) is 18.5. The van der Waals surface area contributed by atoms with Crippen LogP contribution in [0.15, 0.2) is 48.6 Å². The minimum absolute atomic E-state index is 0.0926. The lowest BCUT2D eigenvalue weighted by Gasteiger charge is -2.44. The van der Waals surface area contributed by atoms with Crippen LogP contribution in [0, 0.1) is 11.8 Å². The smallest absolute Gasteiger partial charge is 0.337 e. The van der Waals surface area contributed by atoms with Gasteiger partial charge in [-0.25, -0.2) is 4.79 Å². The van der Waals surface area contributed by atoms with E-state index in [1.54, 1.807) is 12.1 Å². The van der Waals surface area contributed by atoms with Crippen molar-refractivity contribution in [1.29, 1.82) is 0 Å². The first kappa shape index (κ1) is 22.0. The number of aryl methyl sites for hydroxylation is 1. The number of benzene rings is 2. The molecule has 3 aliphatic rings. The number of fused-ring (bicyclic) bond motifs is 3. The number of carboxylic acids is 1. The first-order chi connectivity index (χ1) is 16.0. The molecule has 5 rings (SSSR count). The highest BCUT2D eigenvalue weighted by molar-refractivity contribution is 6.36. The van der Waals surface area contributed by atoms with Crippen LogP contribution in [-0.4, -0.2) is 37.1 Å². The van der Waals surface area contributed by atoms with Crippen LogP contribution in [0.25, 0.3) is 0 Å². The molecule has 1 heterocycles. The summed E-state index contributed by atoms with van der Waals surface area (Å²) in [5.41, 5.74) is 3.29. The molecule has 1 N–H and O–H groups in total. The van der Waals surface area contributed by atoms with Crippen LogP contribution < -0.4 is 9.64 Å². The fourth-order valence-electron chi connectivity index (χ4n) is 5.85. The highest BCUT2D eigenvalue weighted by Gasteiger charge is 2.43. The number of hydrogen-bond donors (Lipinski definition) is 1. The molecule has 1 aliphatic heterocycles. The van der Waals surface area contributed by atoms with Gasteiger partial charge in [-0.3, -0.25) is 4.79 Å². The monoisotopic (exact) mass is 465 g/mol. The summed E-state index contributed by atoms with van der Waals surface area (Å²) in [4.78, 5) is 24.9. The van der Waals surface area contributed by atoms with Crippen molar-refractivity contribution < 1.29 is 19.4 Å². The highest BCUT2D eigenvalue weighted by Crippen LogP contribution is 2.48. The predicted molar refractivity (Wildman–Crippen MR) is 129 cm³/mol. The molecular weight excluding hydrogens is 438 g/mol. The van der Waals surface area contributed by atoms with Crippen LogP contribution in [0.1, 0.15) is 47.2 Å². The van der Waals surface area contributed by atoms with Crippen molar-refractivity contribution >= 4 is 29.5 Å². The van der Waals surface area contributed by atoms with E-state index in [0.717, 1.165) is 51.5 Å². The molecule has 1 fully saturated rings.